The van der Waals surface area contributed by atoms with Crippen LogP contribution in [0.15, 0.2) is 78.7 Å². The molecule has 0 saturated carbocycles. The Morgan fingerprint density at radius 1 is 0.647 bits per heavy atom. The van der Waals surface area contributed by atoms with Crippen LogP contribution in [-0.2, 0) is 10.9 Å². The molecule has 0 aliphatic rings. The molecule has 2 aromatic heterocycles. The van der Waals surface area contributed by atoms with Crippen molar-refractivity contribution in [1.29, 1.82) is 0 Å². The molecule has 0 unspecified atom stereocenters. The first-order valence-electron chi connectivity index (χ1n) is 5.31. The van der Waals surface area contributed by atoms with Crippen LogP contribution in [0.5, 0.6) is 0 Å². The molecule has 3 heteroatoms. The SMILES string of the molecule is c1ccc([S+](c2cccs2)c2cccs2)cc1. The monoisotopic (exact) mass is 275 g/mol. The van der Waals surface area contributed by atoms with Crippen molar-refractivity contribution in [2.75, 3.05) is 0 Å². The first-order valence-corrected chi connectivity index (χ1v) is 8.30. The van der Waals surface area contributed by atoms with Crippen molar-refractivity contribution in [3.63, 3.8) is 0 Å². The second-order valence-electron chi connectivity index (χ2n) is 3.48. The van der Waals surface area contributed by atoms with Gasteiger partial charge in [-0.3, -0.25) is 0 Å². The van der Waals surface area contributed by atoms with Crippen LogP contribution in [0.25, 0.3) is 0 Å². The molecule has 0 atom stereocenters. The Hall–Kier alpha value is -1.03. The molecule has 3 rings (SSSR count). The topological polar surface area (TPSA) is 0 Å². The maximum Gasteiger partial charge on any atom is 0.221 e. The molecule has 0 bridgehead atoms. The van der Waals surface area contributed by atoms with Gasteiger partial charge in [-0.05, 0) is 35.0 Å². The van der Waals surface area contributed by atoms with Crippen molar-refractivity contribution in [1.82, 2.24) is 0 Å². The van der Waals surface area contributed by atoms with Crippen molar-refractivity contribution in [3.05, 3.63) is 65.4 Å². The highest BCUT2D eigenvalue weighted by molar-refractivity contribution is 8.00. The molecular formula is C14H11S3+. The fraction of sp³-hybridized carbons (Fsp3) is 0. The number of hydrogen-bond acceptors (Lipinski definition) is 2. The number of benzene rings is 1. The summed E-state index contributed by atoms with van der Waals surface area (Å²) >= 11 is 3.69. The molecule has 0 spiro atoms. The highest BCUT2D eigenvalue weighted by atomic mass is 32.2. The predicted octanol–water partition coefficient (Wildman–Crippen LogP) is 4.91. The van der Waals surface area contributed by atoms with Gasteiger partial charge in [0.15, 0.2) is 4.90 Å². The Kier molecular flexibility index (Phi) is 3.31. The second kappa shape index (κ2) is 5.08. The molecular weight excluding hydrogens is 264 g/mol. The van der Waals surface area contributed by atoms with E-state index in [-0.39, 0.29) is 10.9 Å². The standard InChI is InChI=1S/C14H11S3/c1-2-6-12(7-3-1)17(13-8-4-10-15-13)14-9-5-11-16-14/h1-11H/q+1. The molecule has 0 N–H and O–H groups in total. The van der Waals surface area contributed by atoms with Crippen LogP contribution in [0, 0.1) is 0 Å². The average Bonchev–Trinajstić information content (AvgIpc) is 3.04. The summed E-state index contributed by atoms with van der Waals surface area (Å²) in [7, 11) is 0.0846. The zero-order valence-electron chi connectivity index (χ0n) is 9.08. The Balaban J connectivity index is 2.10. The van der Waals surface area contributed by atoms with Gasteiger partial charge in [0.05, 0.1) is 0 Å². The lowest BCUT2D eigenvalue weighted by Gasteiger charge is -2.02. The van der Waals surface area contributed by atoms with Gasteiger partial charge in [0.25, 0.3) is 0 Å². The molecule has 0 radical (unpaired) electrons. The van der Waals surface area contributed by atoms with Crippen LogP contribution in [0.2, 0.25) is 0 Å². The summed E-state index contributed by atoms with van der Waals surface area (Å²) in [6.45, 7) is 0. The Morgan fingerprint density at radius 3 is 1.71 bits per heavy atom. The highest BCUT2D eigenvalue weighted by Gasteiger charge is 2.30. The van der Waals surface area contributed by atoms with Crippen LogP contribution in [-0.4, -0.2) is 0 Å². The fourth-order valence-corrected chi connectivity index (χ4v) is 6.44. The minimum atomic E-state index is 0.0846. The lowest BCUT2D eigenvalue weighted by atomic mass is 10.4. The summed E-state index contributed by atoms with van der Waals surface area (Å²) in [5.74, 6) is 0. The van der Waals surface area contributed by atoms with E-state index in [1.807, 2.05) is 22.7 Å². The van der Waals surface area contributed by atoms with E-state index in [4.69, 9.17) is 0 Å². The van der Waals surface area contributed by atoms with Gasteiger partial charge < -0.3 is 0 Å². The van der Waals surface area contributed by atoms with E-state index < -0.39 is 0 Å². The largest absolute Gasteiger partial charge is 0.221 e. The Morgan fingerprint density at radius 2 is 1.24 bits per heavy atom. The molecule has 0 saturated heterocycles. The lowest BCUT2D eigenvalue weighted by molar-refractivity contribution is 1.41. The third-order valence-corrected chi connectivity index (χ3v) is 7.09. The third kappa shape index (κ3) is 2.32. The van der Waals surface area contributed by atoms with Gasteiger partial charge in [0.2, 0.25) is 8.42 Å². The zero-order chi connectivity index (χ0) is 11.5. The summed E-state index contributed by atoms with van der Waals surface area (Å²) in [5.41, 5.74) is 0. The number of rotatable bonds is 3. The van der Waals surface area contributed by atoms with Gasteiger partial charge >= 0.3 is 0 Å². The molecule has 17 heavy (non-hydrogen) atoms. The van der Waals surface area contributed by atoms with E-state index in [1.54, 1.807) is 0 Å². The van der Waals surface area contributed by atoms with Gasteiger partial charge in [-0.1, -0.05) is 40.9 Å². The summed E-state index contributed by atoms with van der Waals surface area (Å²) < 4.78 is 2.89. The smallest absolute Gasteiger partial charge is 0.0936 e. The molecule has 0 aliphatic carbocycles. The summed E-state index contributed by atoms with van der Waals surface area (Å²) in [5, 5.41) is 4.32. The van der Waals surface area contributed by atoms with E-state index in [1.165, 1.54) is 13.3 Å². The molecule has 3 aromatic rings. The zero-order valence-corrected chi connectivity index (χ0v) is 11.5. The van der Waals surface area contributed by atoms with E-state index in [0.29, 0.717) is 0 Å². The fourth-order valence-electron chi connectivity index (χ4n) is 1.65. The summed E-state index contributed by atoms with van der Waals surface area (Å²) in [4.78, 5) is 1.40. The lowest BCUT2D eigenvalue weighted by Crippen LogP contribution is -1.99. The maximum absolute atomic E-state index is 2.24. The van der Waals surface area contributed by atoms with Crippen LogP contribution in [0.4, 0.5) is 0 Å². The molecule has 0 nitrogen and oxygen atoms in total. The normalized spacial score (nSPS) is 10.9. The molecule has 0 amide bonds. The predicted molar refractivity (Wildman–Crippen MR) is 77.2 cm³/mol. The van der Waals surface area contributed by atoms with Crippen LogP contribution < -0.4 is 0 Å². The van der Waals surface area contributed by atoms with E-state index >= 15 is 0 Å². The van der Waals surface area contributed by atoms with Crippen molar-refractivity contribution >= 4 is 33.6 Å². The van der Waals surface area contributed by atoms with Crippen LogP contribution in [0.1, 0.15) is 0 Å². The van der Waals surface area contributed by atoms with Crippen LogP contribution in [0.3, 0.4) is 0 Å². The minimum absolute atomic E-state index is 0.0846. The van der Waals surface area contributed by atoms with Gasteiger partial charge in [0.1, 0.15) is 10.9 Å². The Bertz CT molecular complexity index is 519. The van der Waals surface area contributed by atoms with Crippen molar-refractivity contribution in [2.24, 2.45) is 0 Å². The van der Waals surface area contributed by atoms with Gasteiger partial charge in [-0.2, -0.15) is 0 Å². The van der Waals surface area contributed by atoms with Gasteiger partial charge in [-0.15, -0.1) is 0 Å². The molecule has 0 aliphatic heterocycles. The summed E-state index contributed by atoms with van der Waals surface area (Å²) in [6.07, 6.45) is 0. The van der Waals surface area contributed by atoms with Gasteiger partial charge in [0, 0.05) is 12.1 Å². The van der Waals surface area contributed by atoms with Gasteiger partial charge in [-0.25, -0.2) is 0 Å². The highest BCUT2D eigenvalue weighted by Crippen LogP contribution is 2.35. The quantitative estimate of drug-likeness (QED) is 0.596. The van der Waals surface area contributed by atoms with E-state index in [2.05, 4.69) is 65.4 Å². The number of thiophene rings is 2. The second-order valence-corrected chi connectivity index (χ2v) is 7.86. The van der Waals surface area contributed by atoms with Crippen LogP contribution >= 0.6 is 22.7 Å². The van der Waals surface area contributed by atoms with E-state index in [9.17, 15) is 0 Å². The molecule has 84 valence electrons. The first-order chi connectivity index (χ1) is 8.45. The number of hydrogen-bond donors (Lipinski definition) is 0. The Labute approximate surface area is 112 Å². The third-order valence-electron chi connectivity index (χ3n) is 2.37. The van der Waals surface area contributed by atoms with E-state index in [0.717, 1.165) is 0 Å². The van der Waals surface area contributed by atoms with Crippen molar-refractivity contribution in [2.45, 2.75) is 13.3 Å². The molecule has 1 aromatic carbocycles. The molecule has 2 heterocycles. The average molecular weight is 275 g/mol. The molecule has 0 fully saturated rings. The first kappa shape index (κ1) is 11.1. The van der Waals surface area contributed by atoms with Crippen molar-refractivity contribution < 1.29 is 0 Å². The van der Waals surface area contributed by atoms with Crippen molar-refractivity contribution in [3.8, 4) is 0 Å². The maximum atomic E-state index is 2.24. The summed E-state index contributed by atoms with van der Waals surface area (Å²) in [6, 6.07) is 19.5. The minimum Gasteiger partial charge on any atom is -0.0936 e.